The Kier molecular flexibility index (Phi) is 4.26. The summed E-state index contributed by atoms with van der Waals surface area (Å²) in [6, 6.07) is 7.09. The van der Waals surface area contributed by atoms with Crippen molar-refractivity contribution in [2.24, 2.45) is 5.16 Å². The number of allylic oxidation sites excluding steroid dienone is 4. The number of nitrogens with zero attached hydrogens (tertiary/aromatic N) is 1. The monoisotopic (exact) mass is 367 g/mol. The van der Waals surface area contributed by atoms with Gasteiger partial charge in [0.15, 0.2) is 5.78 Å². The third kappa shape index (κ3) is 3.37. The minimum Gasteiger partial charge on any atom is -0.312 e. The second-order valence-electron chi connectivity index (χ2n) is 3.90. The van der Waals surface area contributed by atoms with Gasteiger partial charge in [-0.2, -0.15) is 0 Å². The fourth-order valence-corrected chi connectivity index (χ4v) is 2.10. The third-order valence-electron chi connectivity index (χ3n) is 2.49. The summed E-state index contributed by atoms with van der Waals surface area (Å²) >= 11 is 2.06. The molecule has 1 aromatic rings. The fraction of sp³-hybridized carbons (Fsp3) is 0.0714. The fourth-order valence-electron chi connectivity index (χ4n) is 1.50. The number of benzene rings is 1. The number of ketones is 1. The molecule has 2 rings (SSSR count). The lowest BCUT2D eigenvalue weighted by molar-refractivity contribution is -0.110. The van der Waals surface area contributed by atoms with Crippen molar-refractivity contribution in [1.82, 2.24) is 0 Å². The smallest absolute Gasteiger partial charge is 0.312 e. The van der Waals surface area contributed by atoms with Gasteiger partial charge in [-0.15, -0.1) is 0 Å². The zero-order chi connectivity index (χ0) is 13.8. The van der Waals surface area contributed by atoms with Crippen LogP contribution in [-0.4, -0.2) is 17.5 Å². The molecule has 0 aromatic heterocycles. The van der Waals surface area contributed by atoms with Crippen molar-refractivity contribution in [2.75, 3.05) is 0 Å². The van der Waals surface area contributed by atoms with E-state index in [1.807, 2.05) is 12.1 Å². The van der Waals surface area contributed by atoms with Crippen LogP contribution in [0.2, 0.25) is 0 Å². The van der Waals surface area contributed by atoms with Gasteiger partial charge in [0.25, 0.3) is 0 Å². The van der Waals surface area contributed by atoms with Crippen molar-refractivity contribution in [3.05, 3.63) is 57.2 Å². The molecule has 1 aromatic carbocycles. The highest BCUT2D eigenvalue weighted by Gasteiger charge is 2.12. The number of halogens is 1. The quantitative estimate of drug-likeness (QED) is 0.350. The summed E-state index contributed by atoms with van der Waals surface area (Å²) in [5.74, 6) is -0.615. The van der Waals surface area contributed by atoms with E-state index in [9.17, 15) is 9.59 Å². The zero-order valence-electron chi connectivity index (χ0n) is 10.1. The Balaban J connectivity index is 2.13. The Morgan fingerprint density at radius 1 is 1.26 bits per heavy atom. The van der Waals surface area contributed by atoms with E-state index in [1.54, 1.807) is 19.1 Å². The number of hydrogen-bond donors (Lipinski definition) is 0. The second kappa shape index (κ2) is 5.92. The zero-order valence-corrected chi connectivity index (χ0v) is 12.2. The Morgan fingerprint density at radius 2 is 2.00 bits per heavy atom. The van der Waals surface area contributed by atoms with E-state index in [1.165, 1.54) is 18.2 Å². The lowest BCUT2D eigenvalue weighted by Gasteiger charge is -2.05. The highest BCUT2D eigenvalue weighted by atomic mass is 127. The molecule has 0 spiro atoms. The van der Waals surface area contributed by atoms with E-state index in [0.29, 0.717) is 16.8 Å². The summed E-state index contributed by atoms with van der Waals surface area (Å²) in [4.78, 5) is 27.8. The molecule has 0 heterocycles. The minimum atomic E-state index is -0.518. The van der Waals surface area contributed by atoms with E-state index in [0.717, 1.165) is 3.57 Å². The predicted molar refractivity (Wildman–Crippen MR) is 79.9 cm³/mol. The molecule has 0 radical (unpaired) electrons. The van der Waals surface area contributed by atoms with Crippen LogP contribution >= 0.6 is 22.6 Å². The molecule has 0 fully saturated rings. The van der Waals surface area contributed by atoms with Gasteiger partial charge in [0, 0.05) is 3.57 Å². The van der Waals surface area contributed by atoms with Crippen LogP contribution in [0, 0.1) is 3.57 Å². The molecule has 0 saturated heterocycles. The van der Waals surface area contributed by atoms with Crippen molar-refractivity contribution in [3.63, 3.8) is 0 Å². The number of carbonyl (C=O) groups is 2. The largest absolute Gasteiger partial charge is 0.366 e. The topological polar surface area (TPSA) is 55.7 Å². The summed E-state index contributed by atoms with van der Waals surface area (Å²) in [6.45, 7) is 1.74. The second-order valence-corrected chi connectivity index (χ2v) is 5.06. The van der Waals surface area contributed by atoms with Crippen molar-refractivity contribution in [3.8, 4) is 0 Å². The first-order valence-electron chi connectivity index (χ1n) is 5.52. The normalized spacial score (nSPS) is 16.4. The first-order valence-corrected chi connectivity index (χ1v) is 6.60. The molecule has 1 aliphatic rings. The molecule has 0 N–H and O–H groups in total. The Bertz CT molecular complexity index is 629. The van der Waals surface area contributed by atoms with Gasteiger partial charge < -0.3 is 4.84 Å². The molecule has 0 bridgehead atoms. The average Bonchev–Trinajstić information content (AvgIpc) is 2.38. The van der Waals surface area contributed by atoms with Crippen LogP contribution in [-0.2, 0) is 9.63 Å². The molecular weight excluding hydrogens is 357 g/mol. The maximum atomic E-state index is 11.8. The summed E-state index contributed by atoms with van der Waals surface area (Å²) in [6.07, 6.45) is 4.35. The summed E-state index contributed by atoms with van der Waals surface area (Å²) in [5.41, 5.74) is 1.60. The molecule has 0 unspecified atom stereocenters. The van der Waals surface area contributed by atoms with E-state index in [-0.39, 0.29) is 5.78 Å². The highest BCUT2D eigenvalue weighted by molar-refractivity contribution is 14.1. The standard InChI is InChI=1S/C14H10INO3/c1-9-8-10(17)6-7-13(9)16-19-14(18)11-4-2-3-5-12(11)15/h2-8H,1H3. The van der Waals surface area contributed by atoms with Crippen molar-refractivity contribution in [1.29, 1.82) is 0 Å². The number of carbonyl (C=O) groups excluding carboxylic acids is 2. The maximum absolute atomic E-state index is 11.8. The van der Waals surface area contributed by atoms with Crippen LogP contribution in [0.3, 0.4) is 0 Å². The molecular formula is C14H10INO3. The predicted octanol–water partition coefficient (Wildman–Crippen LogP) is 2.89. The van der Waals surface area contributed by atoms with Gasteiger partial charge in [-0.1, -0.05) is 17.3 Å². The molecule has 96 valence electrons. The summed E-state index contributed by atoms with van der Waals surface area (Å²) in [5, 5.41) is 3.77. The lowest BCUT2D eigenvalue weighted by atomic mass is 10.1. The molecule has 0 aliphatic heterocycles. The van der Waals surface area contributed by atoms with Crippen LogP contribution in [0.25, 0.3) is 0 Å². The summed E-state index contributed by atoms with van der Waals surface area (Å²) < 4.78 is 0.798. The van der Waals surface area contributed by atoms with E-state index < -0.39 is 5.97 Å². The molecule has 0 saturated carbocycles. The maximum Gasteiger partial charge on any atom is 0.366 e. The molecule has 5 heteroatoms. The molecule has 4 nitrogen and oxygen atoms in total. The first-order chi connectivity index (χ1) is 9.08. The van der Waals surface area contributed by atoms with E-state index in [2.05, 4.69) is 27.7 Å². The van der Waals surface area contributed by atoms with Crippen molar-refractivity contribution < 1.29 is 14.4 Å². The Hall–Kier alpha value is -1.76. The highest BCUT2D eigenvalue weighted by Crippen LogP contribution is 2.13. The van der Waals surface area contributed by atoms with Crippen LogP contribution in [0.5, 0.6) is 0 Å². The Labute approximate surface area is 124 Å². The number of oxime groups is 1. The van der Waals surface area contributed by atoms with Crippen LogP contribution in [0.15, 0.2) is 53.2 Å². The SMILES string of the molecule is CC1=CC(=O)C=CC1=NOC(=O)c1ccccc1I. The van der Waals surface area contributed by atoms with Gasteiger partial charge >= 0.3 is 5.97 Å². The third-order valence-corrected chi connectivity index (χ3v) is 3.43. The van der Waals surface area contributed by atoms with Gasteiger partial charge in [-0.05, 0) is 65.4 Å². The van der Waals surface area contributed by atoms with Gasteiger partial charge in [-0.25, -0.2) is 4.79 Å². The van der Waals surface area contributed by atoms with E-state index in [4.69, 9.17) is 4.84 Å². The van der Waals surface area contributed by atoms with Gasteiger partial charge in [0.1, 0.15) is 5.71 Å². The molecule has 0 amide bonds. The molecule has 1 aliphatic carbocycles. The molecule has 19 heavy (non-hydrogen) atoms. The molecule has 0 atom stereocenters. The Morgan fingerprint density at radius 3 is 2.68 bits per heavy atom. The van der Waals surface area contributed by atoms with E-state index >= 15 is 0 Å². The van der Waals surface area contributed by atoms with Gasteiger partial charge in [0.2, 0.25) is 0 Å². The first kappa shape index (κ1) is 13.7. The van der Waals surface area contributed by atoms with Crippen LogP contribution in [0.1, 0.15) is 17.3 Å². The van der Waals surface area contributed by atoms with Crippen LogP contribution < -0.4 is 0 Å². The summed E-state index contributed by atoms with van der Waals surface area (Å²) in [7, 11) is 0. The minimum absolute atomic E-state index is 0.0969. The van der Waals surface area contributed by atoms with Crippen molar-refractivity contribution in [2.45, 2.75) is 6.92 Å². The van der Waals surface area contributed by atoms with Gasteiger partial charge in [-0.3, -0.25) is 4.79 Å². The average molecular weight is 367 g/mol. The number of rotatable bonds is 2. The van der Waals surface area contributed by atoms with Crippen LogP contribution in [0.4, 0.5) is 0 Å². The number of hydrogen-bond acceptors (Lipinski definition) is 4. The lowest BCUT2D eigenvalue weighted by Crippen LogP contribution is -2.09. The van der Waals surface area contributed by atoms with Crippen molar-refractivity contribution >= 4 is 40.1 Å². The van der Waals surface area contributed by atoms with Gasteiger partial charge in [0.05, 0.1) is 5.56 Å².